The third-order valence-corrected chi connectivity index (χ3v) is 5.77. The number of aromatic nitrogens is 4. The number of anilines is 3. The van der Waals surface area contributed by atoms with Crippen LogP contribution in [0, 0.1) is 10.1 Å². The monoisotopic (exact) mass is 476 g/mol. The van der Waals surface area contributed by atoms with E-state index in [9.17, 15) is 10.1 Å². The van der Waals surface area contributed by atoms with Crippen LogP contribution < -0.4 is 15.0 Å². The molecule has 0 bridgehead atoms. The largest absolute Gasteiger partial charge is 0.494 e. The minimum Gasteiger partial charge on any atom is -0.494 e. The summed E-state index contributed by atoms with van der Waals surface area (Å²) in [5.41, 5.74) is 2.73. The maximum Gasteiger partial charge on any atom is 0.294 e. The van der Waals surface area contributed by atoms with E-state index in [-0.39, 0.29) is 11.6 Å². The number of hydrogen-bond acceptors (Lipinski definition) is 9. The second kappa shape index (κ2) is 9.94. The van der Waals surface area contributed by atoms with Crippen LogP contribution >= 0.6 is 0 Å². The van der Waals surface area contributed by atoms with Crippen LogP contribution in [0.25, 0.3) is 22.3 Å². The highest BCUT2D eigenvalue weighted by Gasteiger charge is 2.22. The first-order valence-corrected chi connectivity index (χ1v) is 11.0. The average Bonchev–Trinajstić information content (AvgIpc) is 3.23. The van der Waals surface area contributed by atoms with Crippen LogP contribution in [0.4, 0.5) is 23.0 Å². The third kappa shape index (κ3) is 4.99. The fourth-order valence-corrected chi connectivity index (χ4v) is 3.85. The minimum atomic E-state index is -0.402. The lowest BCUT2D eigenvalue weighted by Crippen LogP contribution is -2.28. The van der Waals surface area contributed by atoms with Gasteiger partial charge in [0.05, 0.1) is 17.7 Å². The van der Waals surface area contributed by atoms with Crippen LogP contribution in [0.5, 0.6) is 5.75 Å². The summed E-state index contributed by atoms with van der Waals surface area (Å²) >= 11 is 0. The number of nitro benzene ring substituents is 1. The molecule has 0 atom stereocenters. The topological polar surface area (TPSA) is 114 Å². The number of rotatable bonds is 9. The van der Waals surface area contributed by atoms with Crippen molar-refractivity contribution in [3.05, 3.63) is 59.0 Å². The second-order valence-electron chi connectivity index (χ2n) is 8.45. The van der Waals surface area contributed by atoms with Gasteiger partial charge in [-0.15, -0.1) is 0 Å². The van der Waals surface area contributed by atoms with E-state index in [0.29, 0.717) is 29.5 Å². The van der Waals surface area contributed by atoms with Crippen LogP contribution in [0.1, 0.15) is 0 Å². The molecule has 4 rings (SSSR count). The summed E-state index contributed by atoms with van der Waals surface area (Å²) in [6.45, 7) is 1.36. The number of nitro groups is 1. The number of hydrogen-bond donors (Lipinski definition) is 1. The van der Waals surface area contributed by atoms with Crippen molar-refractivity contribution in [2.75, 3.05) is 51.6 Å². The van der Waals surface area contributed by atoms with E-state index in [2.05, 4.69) is 20.3 Å². The highest BCUT2D eigenvalue weighted by atomic mass is 16.6. The summed E-state index contributed by atoms with van der Waals surface area (Å²) in [4.78, 5) is 28.5. The minimum absolute atomic E-state index is 0.0436. The summed E-state index contributed by atoms with van der Waals surface area (Å²) < 4.78 is 7.58. The van der Waals surface area contributed by atoms with Crippen molar-refractivity contribution in [3.63, 3.8) is 0 Å². The van der Waals surface area contributed by atoms with Gasteiger partial charge in [-0.2, -0.15) is 4.98 Å². The molecule has 0 saturated carbocycles. The lowest BCUT2D eigenvalue weighted by Gasteiger charge is -2.22. The number of likely N-dealkylation sites (N-methyl/N-ethyl adjacent to an activating group) is 2. The number of fused-ring (bicyclic) bond motifs is 1. The number of nitrogens with zero attached hydrogens (tertiary/aromatic N) is 7. The fraction of sp³-hybridized carbons (Fsp3) is 0.292. The van der Waals surface area contributed by atoms with Gasteiger partial charge < -0.3 is 24.4 Å². The Balaban J connectivity index is 1.70. The van der Waals surface area contributed by atoms with Gasteiger partial charge in [0.25, 0.3) is 5.69 Å². The molecular formula is C24H28N8O3. The van der Waals surface area contributed by atoms with Crippen LogP contribution in [0.15, 0.2) is 48.9 Å². The first kappa shape index (κ1) is 23.9. The van der Waals surface area contributed by atoms with Crippen LogP contribution in [-0.4, -0.2) is 70.7 Å². The highest BCUT2D eigenvalue weighted by molar-refractivity contribution is 5.93. The second-order valence-corrected chi connectivity index (χ2v) is 8.45. The molecule has 182 valence electrons. The normalized spacial score (nSPS) is 11.1. The molecule has 1 N–H and O–H groups in total. The van der Waals surface area contributed by atoms with Crippen LogP contribution in [0.2, 0.25) is 0 Å². The maximum absolute atomic E-state index is 11.9. The predicted octanol–water partition coefficient (Wildman–Crippen LogP) is 3.69. The summed E-state index contributed by atoms with van der Waals surface area (Å²) in [6, 6.07) is 11.0. The van der Waals surface area contributed by atoms with Crippen molar-refractivity contribution in [1.82, 2.24) is 24.4 Å². The van der Waals surface area contributed by atoms with Gasteiger partial charge in [0.2, 0.25) is 5.95 Å². The van der Waals surface area contributed by atoms with E-state index in [4.69, 9.17) is 4.74 Å². The number of ether oxygens (including phenoxy) is 1. The Kier molecular flexibility index (Phi) is 6.78. The van der Waals surface area contributed by atoms with E-state index in [1.54, 1.807) is 6.07 Å². The van der Waals surface area contributed by atoms with E-state index in [1.807, 2.05) is 73.0 Å². The highest BCUT2D eigenvalue weighted by Crippen LogP contribution is 2.39. The predicted molar refractivity (Wildman–Crippen MR) is 136 cm³/mol. The van der Waals surface area contributed by atoms with Crippen molar-refractivity contribution in [1.29, 1.82) is 0 Å². The molecule has 0 spiro atoms. The maximum atomic E-state index is 11.9. The molecule has 11 heteroatoms. The molecule has 0 unspecified atom stereocenters. The smallest absolute Gasteiger partial charge is 0.294 e. The molecule has 0 saturated heterocycles. The molecule has 4 aromatic rings. The molecule has 2 heterocycles. The molecule has 0 aliphatic carbocycles. The number of aryl methyl sites for hydroxylation is 1. The van der Waals surface area contributed by atoms with Crippen molar-refractivity contribution in [3.8, 4) is 17.1 Å². The summed E-state index contributed by atoms with van der Waals surface area (Å²) in [6.07, 6.45) is 3.40. The zero-order chi connectivity index (χ0) is 25.1. The molecule has 0 aliphatic heterocycles. The van der Waals surface area contributed by atoms with E-state index < -0.39 is 4.92 Å². The van der Waals surface area contributed by atoms with Gasteiger partial charge in [-0.25, -0.2) is 9.97 Å². The molecule has 35 heavy (non-hydrogen) atoms. The van der Waals surface area contributed by atoms with Crippen molar-refractivity contribution in [2.45, 2.75) is 0 Å². The standard InChI is InChI=1S/C24H28N8O3/c1-29(2)11-12-31(4)20-14-22(35-5)18(13-21(20)32(33)34)27-24-26-15-25-23(28-24)17-7-6-8-19-16(17)9-10-30(19)3/h6-10,13-15H,11-12H2,1-5H3,(H,25,26,27,28). The molecule has 0 fully saturated rings. The Morgan fingerprint density at radius 3 is 2.66 bits per heavy atom. The Labute approximate surface area is 203 Å². The van der Waals surface area contributed by atoms with Gasteiger partial charge in [-0.05, 0) is 26.2 Å². The van der Waals surface area contributed by atoms with Gasteiger partial charge in [0.15, 0.2) is 5.82 Å². The van der Waals surface area contributed by atoms with Gasteiger partial charge >= 0.3 is 0 Å². The average molecular weight is 477 g/mol. The lowest BCUT2D eigenvalue weighted by atomic mass is 10.1. The van der Waals surface area contributed by atoms with Crippen molar-refractivity contribution in [2.24, 2.45) is 7.05 Å². The van der Waals surface area contributed by atoms with E-state index in [1.165, 1.54) is 19.5 Å². The summed E-state index contributed by atoms with van der Waals surface area (Å²) in [5.74, 6) is 1.19. The quantitative estimate of drug-likeness (QED) is 0.285. The zero-order valence-electron chi connectivity index (χ0n) is 20.4. The Hall–Kier alpha value is -4.25. The van der Waals surface area contributed by atoms with E-state index >= 15 is 0 Å². The van der Waals surface area contributed by atoms with Crippen LogP contribution in [-0.2, 0) is 7.05 Å². The number of benzene rings is 2. The lowest BCUT2D eigenvalue weighted by molar-refractivity contribution is -0.384. The molecular weight excluding hydrogens is 448 g/mol. The van der Waals surface area contributed by atoms with Gasteiger partial charge in [-0.1, -0.05) is 12.1 Å². The van der Waals surface area contributed by atoms with Crippen LogP contribution in [0.3, 0.4) is 0 Å². The first-order valence-electron chi connectivity index (χ1n) is 11.0. The van der Waals surface area contributed by atoms with Gasteiger partial charge in [-0.3, -0.25) is 10.1 Å². The fourth-order valence-electron chi connectivity index (χ4n) is 3.85. The molecule has 2 aromatic heterocycles. The van der Waals surface area contributed by atoms with Gasteiger partial charge in [0.1, 0.15) is 17.8 Å². The SMILES string of the molecule is COc1cc(N(C)CCN(C)C)c([N+](=O)[O-])cc1Nc1ncnc(-c2cccc3c2ccn3C)n1. The first-order chi connectivity index (χ1) is 16.8. The number of nitrogens with one attached hydrogen (secondary N) is 1. The van der Waals surface area contributed by atoms with Gasteiger partial charge in [0, 0.05) is 62.0 Å². The Bertz CT molecular complexity index is 1370. The zero-order valence-corrected chi connectivity index (χ0v) is 20.4. The summed E-state index contributed by atoms with van der Waals surface area (Å²) in [7, 11) is 9.23. The molecule has 0 radical (unpaired) electrons. The Morgan fingerprint density at radius 2 is 1.94 bits per heavy atom. The van der Waals surface area contributed by atoms with Crippen molar-refractivity contribution >= 4 is 33.9 Å². The van der Waals surface area contributed by atoms with E-state index in [0.717, 1.165) is 23.0 Å². The van der Waals surface area contributed by atoms with Crippen molar-refractivity contribution < 1.29 is 9.66 Å². The number of methoxy groups -OCH3 is 1. The third-order valence-electron chi connectivity index (χ3n) is 5.77. The molecule has 0 amide bonds. The summed E-state index contributed by atoms with van der Waals surface area (Å²) in [5, 5.41) is 16.0. The molecule has 0 aliphatic rings. The molecule has 2 aromatic carbocycles. The Morgan fingerprint density at radius 1 is 1.14 bits per heavy atom. The molecule has 11 nitrogen and oxygen atoms in total.